The number of nitrogens with one attached hydrogen (secondary N) is 1. The van der Waals surface area contributed by atoms with E-state index in [1.807, 2.05) is 0 Å². The first-order valence-corrected chi connectivity index (χ1v) is 9.92. The number of alkyl halides is 6. The maximum Gasteiger partial charge on any atom is 0.418 e. The SMILES string of the molecule is Nc1oc2cc(C(F)(F)F)cnc2c1C(=O)Nc1cnccc1N1CC(N)CC(C(F)(F)F)C1. The molecule has 1 fully saturated rings. The Morgan fingerprint density at radius 3 is 2.59 bits per heavy atom. The molecule has 1 aliphatic rings. The molecule has 0 spiro atoms. The van der Waals surface area contributed by atoms with Crippen molar-refractivity contribution < 1.29 is 35.6 Å². The van der Waals surface area contributed by atoms with E-state index in [0.717, 1.165) is 0 Å². The highest BCUT2D eigenvalue weighted by molar-refractivity contribution is 6.15. The fourth-order valence-corrected chi connectivity index (χ4v) is 3.89. The molecule has 0 saturated carbocycles. The number of nitrogen functional groups attached to an aromatic ring is 1. The van der Waals surface area contributed by atoms with Crippen LogP contribution in [0.15, 0.2) is 35.1 Å². The van der Waals surface area contributed by atoms with Crippen molar-refractivity contribution in [1.29, 1.82) is 0 Å². The van der Waals surface area contributed by atoms with Crippen LogP contribution in [0.1, 0.15) is 22.3 Å². The van der Waals surface area contributed by atoms with Crippen molar-refractivity contribution in [2.75, 3.05) is 29.0 Å². The van der Waals surface area contributed by atoms with Crippen LogP contribution >= 0.6 is 0 Å². The Bertz CT molecular complexity index is 1220. The Morgan fingerprint density at radius 2 is 1.91 bits per heavy atom. The van der Waals surface area contributed by atoms with Gasteiger partial charge in [-0.3, -0.25) is 14.8 Å². The summed E-state index contributed by atoms with van der Waals surface area (Å²) in [4.78, 5) is 21.9. The number of carbonyl (C=O) groups excluding carboxylic acids is 1. The molecule has 0 aromatic carbocycles. The van der Waals surface area contributed by atoms with Crippen LogP contribution in [-0.2, 0) is 6.18 Å². The van der Waals surface area contributed by atoms with Gasteiger partial charge < -0.3 is 26.1 Å². The van der Waals surface area contributed by atoms with Gasteiger partial charge in [-0.25, -0.2) is 0 Å². The highest BCUT2D eigenvalue weighted by atomic mass is 19.4. The summed E-state index contributed by atoms with van der Waals surface area (Å²) in [6, 6.07) is 1.33. The molecule has 4 heterocycles. The highest BCUT2D eigenvalue weighted by Gasteiger charge is 2.44. The van der Waals surface area contributed by atoms with E-state index < -0.39 is 41.7 Å². The first-order chi connectivity index (χ1) is 15.8. The average molecular weight is 488 g/mol. The maximum absolute atomic E-state index is 13.3. The topological polar surface area (TPSA) is 123 Å². The van der Waals surface area contributed by atoms with Crippen LogP contribution in [0.25, 0.3) is 11.1 Å². The maximum atomic E-state index is 13.3. The number of anilines is 3. The number of fused-ring (bicyclic) bond motifs is 1. The molecule has 0 bridgehead atoms. The van der Waals surface area contributed by atoms with Crippen molar-refractivity contribution in [1.82, 2.24) is 9.97 Å². The molecular formula is C20H18F6N6O2. The largest absolute Gasteiger partial charge is 0.438 e. The molecule has 2 unspecified atom stereocenters. The van der Waals surface area contributed by atoms with Gasteiger partial charge in [-0.2, -0.15) is 26.3 Å². The number of hydrogen-bond donors (Lipinski definition) is 3. The first-order valence-electron chi connectivity index (χ1n) is 9.92. The first kappa shape index (κ1) is 23.6. The average Bonchev–Trinajstić information content (AvgIpc) is 3.07. The number of aromatic nitrogens is 2. The quantitative estimate of drug-likeness (QED) is 0.480. The van der Waals surface area contributed by atoms with Gasteiger partial charge in [0.1, 0.15) is 11.1 Å². The van der Waals surface area contributed by atoms with Crippen LogP contribution in [-0.4, -0.2) is 41.2 Å². The van der Waals surface area contributed by atoms with Crippen molar-refractivity contribution in [3.63, 3.8) is 0 Å². The number of amides is 1. The number of carbonyl (C=O) groups is 1. The van der Waals surface area contributed by atoms with Gasteiger partial charge in [-0.05, 0) is 18.6 Å². The highest BCUT2D eigenvalue weighted by Crippen LogP contribution is 2.37. The molecule has 2 atom stereocenters. The van der Waals surface area contributed by atoms with Gasteiger partial charge >= 0.3 is 12.4 Å². The van der Waals surface area contributed by atoms with Gasteiger partial charge in [-0.15, -0.1) is 0 Å². The second kappa shape index (κ2) is 8.34. The van der Waals surface area contributed by atoms with E-state index >= 15 is 0 Å². The lowest BCUT2D eigenvalue weighted by Crippen LogP contribution is -2.51. The zero-order chi connectivity index (χ0) is 24.8. The lowest BCUT2D eigenvalue weighted by atomic mass is 9.93. The summed E-state index contributed by atoms with van der Waals surface area (Å²) in [5.41, 5.74) is 9.90. The third-order valence-corrected chi connectivity index (χ3v) is 5.44. The molecule has 34 heavy (non-hydrogen) atoms. The van der Waals surface area contributed by atoms with Gasteiger partial charge in [0.05, 0.1) is 29.1 Å². The Labute approximate surface area is 187 Å². The summed E-state index contributed by atoms with van der Waals surface area (Å²) in [5, 5.41) is 2.49. The smallest absolute Gasteiger partial charge is 0.418 e. The molecule has 3 aromatic rings. The Hall–Kier alpha value is -3.55. The van der Waals surface area contributed by atoms with Gasteiger partial charge in [0.2, 0.25) is 5.88 Å². The van der Waals surface area contributed by atoms with Gasteiger partial charge in [0, 0.05) is 31.5 Å². The Balaban J connectivity index is 1.64. The normalized spacial score (nSPS) is 19.4. The summed E-state index contributed by atoms with van der Waals surface area (Å²) in [6.45, 7) is -0.263. The van der Waals surface area contributed by atoms with Crippen molar-refractivity contribution in [3.05, 3.63) is 41.9 Å². The van der Waals surface area contributed by atoms with Gasteiger partial charge in [-0.1, -0.05) is 0 Å². The van der Waals surface area contributed by atoms with Crippen LogP contribution in [0.3, 0.4) is 0 Å². The van der Waals surface area contributed by atoms with Crippen molar-refractivity contribution in [3.8, 4) is 0 Å². The molecule has 4 rings (SSSR count). The van der Waals surface area contributed by atoms with E-state index in [1.165, 1.54) is 23.4 Å². The van der Waals surface area contributed by atoms with Crippen molar-refractivity contribution in [2.45, 2.75) is 24.8 Å². The van der Waals surface area contributed by atoms with Crippen LogP contribution in [0.5, 0.6) is 0 Å². The number of piperidine rings is 1. The van der Waals surface area contributed by atoms with E-state index in [4.69, 9.17) is 15.9 Å². The van der Waals surface area contributed by atoms with Gasteiger partial charge in [0.25, 0.3) is 5.91 Å². The lowest BCUT2D eigenvalue weighted by Gasteiger charge is -2.39. The fourth-order valence-electron chi connectivity index (χ4n) is 3.89. The van der Waals surface area contributed by atoms with E-state index in [9.17, 15) is 31.1 Å². The summed E-state index contributed by atoms with van der Waals surface area (Å²) in [7, 11) is 0. The van der Waals surface area contributed by atoms with Gasteiger partial charge in [0.15, 0.2) is 5.58 Å². The molecular weight excluding hydrogens is 470 g/mol. The monoisotopic (exact) mass is 488 g/mol. The second-order valence-corrected chi connectivity index (χ2v) is 7.90. The predicted octanol–water partition coefficient (Wildman–Crippen LogP) is 3.79. The van der Waals surface area contributed by atoms with E-state index in [0.29, 0.717) is 12.3 Å². The summed E-state index contributed by atoms with van der Waals surface area (Å²) < 4.78 is 83.9. The minimum absolute atomic E-state index is 0.0585. The van der Waals surface area contributed by atoms with E-state index in [-0.39, 0.29) is 47.5 Å². The number of furan rings is 1. The molecule has 0 aliphatic carbocycles. The predicted molar refractivity (Wildman–Crippen MR) is 110 cm³/mol. The third kappa shape index (κ3) is 4.58. The fraction of sp³-hybridized carbons (Fsp3) is 0.350. The van der Waals surface area contributed by atoms with Crippen LogP contribution in [0.4, 0.5) is 43.6 Å². The number of nitrogens with zero attached hydrogens (tertiary/aromatic N) is 3. The molecule has 0 radical (unpaired) electrons. The standard InChI is InChI=1S/C20H18F6N6O2/c21-19(22,23)9-4-14-16(30-5-9)15(17(28)34-14)18(33)31-12-6-29-2-1-13(12)32-7-10(20(24,25)26)3-11(27)8-32/h1-2,4-6,10-11H,3,7-8,27-28H2,(H,31,33). The molecule has 1 saturated heterocycles. The summed E-state index contributed by atoms with van der Waals surface area (Å²) in [5.74, 6) is -3.01. The number of rotatable bonds is 3. The van der Waals surface area contributed by atoms with Crippen LogP contribution in [0, 0.1) is 5.92 Å². The molecule has 5 N–H and O–H groups in total. The summed E-state index contributed by atoms with van der Waals surface area (Å²) >= 11 is 0. The van der Waals surface area contributed by atoms with Crippen LogP contribution in [0.2, 0.25) is 0 Å². The Kier molecular flexibility index (Phi) is 5.79. The Morgan fingerprint density at radius 1 is 1.18 bits per heavy atom. The molecule has 3 aromatic heterocycles. The number of nitrogens with two attached hydrogens (primary N) is 2. The number of halogens is 6. The molecule has 1 amide bonds. The van der Waals surface area contributed by atoms with E-state index in [2.05, 4.69) is 15.3 Å². The zero-order valence-electron chi connectivity index (χ0n) is 17.2. The van der Waals surface area contributed by atoms with Crippen molar-refractivity contribution >= 4 is 34.3 Å². The van der Waals surface area contributed by atoms with Crippen molar-refractivity contribution in [2.24, 2.45) is 11.7 Å². The molecule has 182 valence electrons. The second-order valence-electron chi connectivity index (χ2n) is 7.90. The molecule has 8 nitrogen and oxygen atoms in total. The third-order valence-electron chi connectivity index (χ3n) is 5.44. The lowest BCUT2D eigenvalue weighted by molar-refractivity contribution is -0.177. The number of pyridine rings is 2. The minimum Gasteiger partial charge on any atom is -0.438 e. The van der Waals surface area contributed by atoms with Crippen LogP contribution < -0.4 is 21.7 Å². The molecule has 1 aliphatic heterocycles. The minimum atomic E-state index is -4.68. The number of hydrogen-bond acceptors (Lipinski definition) is 7. The molecule has 14 heteroatoms. The van der Waals surface area contributed by atoms with E-state index in [1.54, 1.807) is 0 Å². The zero-order valence-corrected chi connectivity index (χ0v) is 17.2. The summed E-state index contributed by atoms with van der Waals surface area (Å²) in [6.07, 6.45) is -6.25.